The van der Waals surface area contributed by atoms with Gasteiger partial charge in [0.25, 0.3) is 0 Å². The van der Waals surface area contributed by atoms with Crippen LogP contribution in [0.5, 0.6) is 0 Å². The molecule has 2 rings (SSSR count). The second-order valence-corrected chi connectivity index (χ2v) is 5.34. The zero-order chi connectivity index (χ0) is 10.5. The van der Waals surface area contributed by atoms with Crippen molar-refractivity contribution in [1.82, 2.24) is 5.32 Å². The van der Waals surface area contributed by atoms with E-state index in [4.69, 9.17) is 4.74 Å². The molecule has 0 aromatic rings. The van der Waals surface area contributed by atoms with Gasteiger partial charge >= 0.3 is 0 Å². The van der Waals surface area contributed by atoms with Crippen molar-refractivity contribution in [1.29, 1.82) is 0 Å². The Morgan fingerprint density at radius 2 is 1.80 bits per heavy atom. The molecule has 0 spiro atoms. The van der Waals surface area contributed by atoms with Crippen LogP contribution in [0.3, 0.4) is 0 Å². The van der Waals surface area contributed by atoms with Crippen molar-refractivity contribution >= 4 is 0 Å². The summed E-state index contributed by atoms with van der Waals surface area (Å²) in [6.45, 7) is 4.33. The fourth-order valence-corrected chi connectivity index (χ4v) is 3.04. The van der Waals surface area contributed by atoms with Gasteiger partial charge in [-0.15, -0.1) is 0 Å². The van der Waals surface area contributed by atoms with E-state index >= 15 is 0 Å². The lowest BCUT2D eigenvalue weighted by Crippen LogP contribution is -2.36. The molecule has 1 atom stereocenters. The van der Waals surface area contributed by atoms with Crippen molar-refractivity contribution in [3.8, 4) is 0 Å². The number of hydrogen-bond acceptors (Lipinski definition) is 2. The molecular weight excluding hydrogens is 186 g/mol. The molecule has 0 radical (unpaired) electrons. The Bertz CT molecular complexity index is 171. The van der Waals surface area contributed by atoms with Gasteiger partial charge in [0.05, 0.1) is 0 Å². The van der Waals surface area contributed by atoms with E-state index in [1.165, 1.54) is 44.9 Å². The largest absolute Gasteiger partial charge is 0.381 e. The van der Waals surface area contributed by atoms with Crippen molar-refractivity contribution < 1.29 is 4.74 Å². The van der Waals surface area contributed by atoms with Gasteiger partial charge in [0.2, 0.25) is 0 Å². The summed E-state index contributed by atoms with van der Waals surface area (Å²) in [5.74, 6) is 0.905. The van der Waals surface area contributed by atoms with Crippen molar-refractivity contribution in [2.24, 2.45) is 5.92 Å². The van der Waals surface area contributed by atoms with E-state index in [1.54, 1.807) is 0 Å². The molecule has 0 aromatic carbocycles. The van der Waals surface area contributed by atoms with Gasteiger partial charge in [-0.25, -0.2) is 0 Å². The van der Waals surface area contributed by atoms with E-state index in [2.05, 4.69) is 12.2 Å². The van der Waals surface area contributed by atoms with E-state index in [-0.39, 0.29) is 0 Å². The molecule has 2 fully saturated rings. The van der Waals surface area contributed by atoms with Crippen LogP contribution in [0.15, 0.2) is 0 Å². The first-order valence-corrected chi connectivity index (χ1v) is 6.68. The van der Waals surface area contributed by atoms with Gasteiger partial charge in [-0.2, -0.15) is 0 Å². The molecule has 88 valence electrons. The highest BCUT2D eigenvalue weighted by atomic mass is 16.5. The first-order valence-electron chi connectivity index (χ1n) is 6.68. The van der Waals surface area contributed by atoms with Crippen LogP contribution < -0.4 is 5.32 Å². The maximum absolute atomic E-state index is 5.39. The summed E-state index contributed by atoms with van der Waals surface area (Å²) in [6.07, 6.45) is 9.56. The molecule has 1 unspecified atom stereocenters. The summed E-state index contributed by atoms with van der Waals surface area (Å²) in [7, 11) is 0. The minimum absolute atomic E-state index is 0.705. The van der Waals surface area contributed by atoms with Crippen LogP contribution in [-0.4, -0.2) is 25.3 Å². The Morgan fingerprint density at radius 3 is 2.47 bits per heavy atom. The monoisotopic (exact) mass is 211 g/mol. The number of nitrogens with one attached hydrogen (secondary N) is 1. The van der Waals surface area contributed by atoms with Crippen molar-refractivity contribution in [2.75, 3.05) is 13.2 Å². The molecule has 1 N–H and O–H groups in total. The topological polar surface area (TPSA) is 21.3 Å². The number of rotatable bonds is 4. The molecule has 1 heterocycles. The summed E-state index contributed by atoms with van der Waals surface area (Å²) in [6, 6.07) is 1.52. The average molecular weight is 211 g/mol. The maximum Gasteiger partial charge on any atom is 0.0468 e. The third-order valence-corrected chi connectivity index (χ3v) is 3.90. The zero-order valence-electron chi connectivity index (χ0n) is 10.0. The van der Waals surface area contributed by atoms with Gasteiger partial charge < -0.3 is 10.1 Å². The van der Waals surface area contributed by atoms with Crippen LogP contribution >= 0.6 is 0 Å². The van der Waals surface area contributed by atoms with Gasteiger partial charge in [-0.3, -0.25) is 0 Å². The fourth-order valence-electron chi connectivity index (χ4n) is 3.04. The summed E-state index contributed by atoms with van der Waals surface area (Å²) >= 11 is 0. The molecule has 1 saturated heterocycles. The standard InChI is InChI=1S/C13H25NO/c1-11(14-13-4-2-3-5-13)10-12-6-8-15-9-7-12/h11-14H,2-10H2,1H3. The Balaban J connectivity index is 1.64. The lowest BCUT2D eigenvalue weighted by Gasteiger charge is -2.27. The molecule has 0 amide bonds. The molecule has 2 nitrogen and oxygen atoms in total. The quantitative estimate of drug-likeness (QED) is 0.772. The third kappa shape index (κ3) is 3.76. The van der Waals surface area contributed by atoms with Crippen LogP contribution in [0.2, 0.25) is 0 Å². The molecule has 1 aliphatic heterocycles. The Kier molecular flexibility index (Phi) is 4.45. The summed E-state index contributed by atoms with van der Waals surface area (Å²) in [5, 5.41) is 3.79. The predicted octanol–water partition coefficient (Wildman–Crippen LogP) is 2.72. The molecule has 1 saturated carbocycles. The molecule has 0 bridgehead atoms. The van der Waals surface area contributed by atoms with Crippen molar-refractivity contribution in [3.63, 3.8) is 0 Å². The van der Waals surface area contributed by atoms with Gasteiger partial charge in [0.1, 0.15) is 0 Å². The van der Waals surface area contributed by atoms with E-state index in [1.807, 2.05) is 0 Å². The van der Waals surface area contributed by atoms with E-state index in [0.717, 1.165) is 25.2 Å². The summed E-state index contributed by atoms with van der Waals surface area (Å²) < 4.78 is 5.39. The Morgan fingerprint density at radius 1 is 1.13 bits per heavy atom. The van der Waals surface area contributed by atoms with Crippen molar-refractivity contribution in [3.05, 3.63) is 0 Å². The first-order chi connectivity index (χ1) is 7.34. The second-order valence-electron chi connectivity index (χ2n) is 5.34. The highest BCUT2D eigenvalue weighted by molar-refractivity contribution is 4.78. The minimum Gasteiger partial charge on any atom is -0.381 e. The fraction of sp³-hybridized carbons (Fsp3) is 1.00. The van der Waals surface area contributed by atoms with Gasteiger partial charge in [0, 0.05) is 25.3 Å². The number of hydrogen-bond donors (Lipinski definition) is 1. The van der Waals surface area contributed by atoms with Crippen LogP contribution in [-0.2, 0) is 4.74 Å². The number of ether oxygens (including phenoxy) is 1. The van der Waals surface area contributed by atoms with Crippen molar-refractivity contribution in [2.45, 2.75) is 64.0 Å². The normalized spacial score (nSPS) is 27.0. The van der Waals surface area contributed by atoms with Crippen LogP contribution in [0.4, 0.5) is 0 Å². The molecule has 0 aromatic heterocycles. The second kappa shape index (κ2) is 5.86. The van der Waals surface area contributed by atoms with E-state index < -0.39 is 0 Å². The summed E-state index contributed by atoms with van der Waals surface area (Å²) in [4.78, 5) is 0. The highest BCUT2D eigenvalue weighted by Gasteiger charge is 2.20. The van der Waals surface area contributed by atoms with Crippen LogP contribution in [0.1, 0.15) is 51.9 Å². The van der Waals surface area contributed by atoms with Crippen LogP contribution in [0.25, 0.3) is 0 Å². The predicted molar refractivity (Wildman–Crippen MR) is 63.0 cm³/mol. The first kappa shape index (κ1) is 11.4. The minimum atomic E-state index is 0.705. The molecule has 2 aliphatic rings. The van der Waals surface area contributed by atoms with E-state index in [9.17, 15) is 0 Å². The SMILES string of the molecule is CC(CC1CCOCC1)NC1CCCC1. The smallest absolute Gasteiger partial charge is 0.0468 e. The van der Waals surface area contributed by atoms with Gasteiger partial charge in [-0.05, 0) is 44.9 Å². The highest BCUT2D eigenvalue weighted by Crippen LogP contribution is 2.22. The maximum atomic E-state index is 5.39. The third-order valence-electron chi connectivity index (χ3n) is 3.90. The van der Waals surface area contributed by atoms with E-state index in [0.29, 0.717) is 6.04 Å². The lowest BCUT2D eigenvalue weighted by atomic mass is 9.93. The molecule has 2 heteroatoms. The lowest BCUT2D eigenvalue weighted by molar-refractivity contribution is 0.0608. The zero-order valence-corrected chi connectivity index (χ0v) is 10.0. The molecular formula is C13H25NO. The van der Waals surface area contributed by atoms with Gasteiger partial charge in [-0.1, -0.05) is 12.8 Å². The Labute approximate surface area is 93.8 Å². The van der Waals surface area contributed by atoms with Crippen LogP contribution in [0, 0.1) is 5.92 Å². The molecule has 15 heavy (non-hydrogen) atoms. The Hall–Kier alpha value is -0.0800. The summed E-state index contributed by atoms with van der Waals surface area (Å²) in [5.41, 5.74) is 0. The van der Waals surface area contributed by atoms with Gasteiger partial charge in [0.15, 0.2) is 0 Å². The average Bonchev–Trinajstić information content (AvgIpc) is 2.71. The molecule has 1 aliphatic carbocycles.